The fraction of sp³-hybridized carbons (Fsp3) is 0.622. The van der Waals surface area contributed by atoms with E-state index >= 15 is 0 Å². The van der Waals surface area contributed by atoms with E-state index in [0.717, 1.165) is 0 Å². The van der Waals surface area contributed by atoms with Crippen LogP contribution < -0.4 is 59.2 Å². The topological polar surface area (TPSA) is 363 Å². The van der Waals surface area contributed by atoms with Gasteiger partial charge in [-0.2, -0.15) is 11.8 Å². The van der Waals surface area contributed by atoms with E-state index in [-0.39, 0.29) is 62.5 Å². The summed E-state index contributed by atoms with van der Waals surface area (Å²) in [6.45, 7) is 6.75. The summed E-state index contributed by atoms with van der Waals surface area (Å²) >= 11 is 1.18. The van der Waals surface area contributed by atoms with Gasteiger partial charge in [-0.3, -0.25) is 52.7 Å². The lowest BCUT2D eigenvalue weighted by atomic mass is 9.96. The van der Waals surface area contributed by atoms with E-state index < -0.39 is 133 Å². The standard InChI is InChI=1S/C45H69N11O12S/c1-6-25(4)38-44(66)51-28(15-16-34(46)57)40(62)52-31(21-35(47)58)41(63)54-32(23-69-18-8-10-37(60)50-30(42(64)55-38)20-26-11-13-27(68-5)14-12-26)45(67)56-17-7-9-33(56)43(65)53-29(19-24(2)3)39(61)49-22-36(48)59/h11-14,24-25,28-33,38H,6-10,15-23H2,1-5H3,(H2,46,57)(H2,47,58)(H2,48,59)(H,49,61)(H,50,60)(H,51,66)(H,52,62)(H,53,65)(H,54,63)(H,55,64). The third-order valence-electron chi connectivity index (χ3n) is 11.6. The van der Waals surface area contributed by atoms with Crippen LogP contribution in [0.2, 0.25) is 0 Å². The zero-order chi connectivity index (χ0) is 51.4. The summed E-state index contributed by atoms with van der Waals surface area (Å²) in [5.41, 5.74) is 16.8. The summed E-state index contributed by atoms with van der Waals surface area (Å²) in [7, 11) is 1.50. The zero-order valence-corrected chi connectivity index (χ0v) is 40.7. The number of primary amides is 3. The highest BCUT2D eigenvalue weighted by Gasteiger charge is 2.40. The van der Waals surface area contributed by atoms with Gasteiger partial charge in [0.25, 0.3) is 0 Å². The third-order valence-corrected chi connectivity index (χ3v) is 12.7. The Morgan fingerprint density at radius 2 is 1.46 bits per heavy atom. The minimum absolute atomic E-state index is 0.0237. The molecule has 2 aliphatic heterocycles. The number of hydrogen-bond acceptors (Lipinski definition) is 13. The number of carbonyl (C=O) groups excluding carboxylic acids is 11. The highest BCUT2D eigenvalue weighted by molar-refractivity contribution is 7.99. The van der Waals surface area contributed by atoms with E-state index in [2.05, 4.69) is 37.2 Å². The maximum absolute atomic E-state index is 14.5. The predicted molar refractivity (Wildman–Crippen MR) is 253 cm³/mol. The molecule has 2 saturated heterocycles. The number of ether oxygens (including phenoxy) is 1. The van der Waals surface area contributed by atoms with Crippen LogP contribution in [0, 0.1) is 11.8 Å². The first-order chi connectivity index (χ1) is 32.6. The monoisotopic (exact) mass is 987 g/mol. The summed E-state index contributed by atoms with van der Waals surface area (Å²) in [5, 5.41) is 18.2. The van der Waals surface area contributed by atoms with Gasteiger partial charge in [0.1, 0.15) is 48.0 Å². The van der Waals surface area contributed by atoms with Crippen LogP contribution >= 0.6 is 11.8 Å². The molecule has 13 N–H and O–H groups in total. The average Bonchev–Trinajstić information content (AvgIpc) is 3.79. The SMILES string of the molecule is CCC(C)C1NC(=O)C(Cc2ccc(OC)cc2)NC(=O)CCCSCC(C(=O)N2CCCC2C(=O)NC(CC(C)C)C(=O)NCC(N)=O)NC(=O)C(CC(N)=O)NC(=O)C(CCC(N)=O)NC1=O. The van der Waals surface area contributed by atoms with Crippen LogP contribution in [0.1, 0.15) is 91.0 Å². The number of carbonyl (C=O) groups is 11. The quantitative estimate of drug-likeness (QED) is 0.0728. The van der Waals surface area contributed by atoms with Gasteiger partial charge in [-0.1, -0.05) is 46.2 Å². The predicted octanol–water partition coefficient (Wildman–Crippen LogP) is -2.50. The molecule has 3 rings (SSSR count). The smallest absolute Gasteiger partial charge is 0.246 e. The Labute approximate surface area is 405 Å². The van der Waals surface area contributed by atoms with Crippen LogP contribution in [-0.2, 0) is 59.2 Å². The van der Waals surface area contributed by atoms with E-state index in [9.17, 15) is 52.7 Å². The lowest BCUT2D eigenvalue weighted by Gasteiger charge is -2.31. The number of nitrogens with one attached hydrogen (secondary N) is 7. The van der Waals surface area contributed by atoms with Gasteiger partial charge >= 0.3 is 0 Å². The molecule has 0 aliphatic carbocycles. The van der Waals surface area contributed by atoms with Gasteiger partial charge < -0.3 is 64.1 Å². The molecule has 11 amide bonds. The van der Waals surface area contributed by atoms with Crippen LogP contribution in [0.4, 0.5) is 0 Å². The molecule has 1 aromatic carbocycles. The Hall–Kier alpha value is -6.46. The fourth-order valence-corrected chi connectivity index (χ4v) is 8.66. The Balaban J connectivity index is 2.02. The molecule has 0 saturated carbocycles. The lowest BCUT2D eigenvalue weighted by molar-refractivity contribution is -0.142. The minimum atomic E-state index is -1.71. The van der Waals surface area contributed by atoms with Crippen molar-refractivity contribution in [3.63, 3.8) is 0 Å². The number of hydrogen-bond donors (Lipinski definition) is 10. The molecule has 2 fully saturated rings. The van der Waals surface area contributed by atoms with Crippen molar-refractivity contribution >= 4 is 76.7 Å². The van der Waals surface area contributed by atoms with Crippen molar-refractivity contribution in [1.82, 2.24) is 42.1 Å². The van der Waals surface area contributed by atoms with E-state index in [1.165, 1.54) is 23.8 Å². The van der Waals surface area contributed by atoms with Crippen LogP contribution in [0.25, 0.3) is 0 Å². The second-order valence-corrected chi connectivity index (χ2v) is 18.8. The molecule has 69 heavy (non-hydrogen) atoms. The molecule has 0 radical (unpaired) electrons. The number of likely N-dealkylation sites (tertiary alicyclic amines) is 1. The second kappa shape index (κ2) is 28.1. The van der Waals surface area contributed by atoms with Crippen LogP contribution in [0.5, 0.6) is 5.75 Å². The van der Waals surface area contributed by atoms with Crippen molar-refractivity contribution in [3.05, 3.63) is 29.8 Å². The summed E-state index contributed by atoms with van der Waals surface area (Å²) < 4.78 is 5.25. The Morgan fingerprint density at radius 3 is 2.07 bits per heavy atom. The van der Waals surface area contributed by atoms with Gasteiger partial charge in [0.2, 0.25) is 65.0 Å². The molecule has 0 aromatic heterocycles. The molecular formula is C45H69N11O12S. The molecular weight excluding hydrogens is 919 g/mol. The molecule has 23 nitrogen and oxygen atoms in total. The van der Waals surface area contributed by atoms with Gasteiger partial charge in [0.15, 0.2) is 0 Å². The van der Waals surface area contributed by atoms with Gasteiger partial charge in [-0.15, -0.1) is 0 Å². The first kappa shape index (κ1) is 56.9. The highest BCUT2D eigenvalue weighted by atomic mass is 32.2. The Morgan fingerprint density at radius 1 is 0.812 bits per heavy atom. The van der Waals surface area contributed by atoms with Crippen molar-refractivity contribution in [2.75, 3.05) is 31.7 Å². The first-order valence-corrected chi connectivity index (χ1v) is 24.2. The van der Waals surface area contributed by atoms with Gasteiger partial charge in [-0.25, -0.2) is 0 Å². The number of methoxy groups -OCH3 is 1. The minimum Gasteiger partial charge on any atom is -0.497 e. The van der Waals surface area contributed by atoms with Crippen LogP contribution in [0.15, 0.2) is 24.3 Å². The third kappa shape index (κ3) is 18.9. The zero-order valence-electron chi connectivity index (χ0n) is 39.9. The van der Waals surface area contributed by atoms with E-state index in [1.54, 1.807) is 38.1 Å². The van der Waals surface area contributed by atoms with Crippen LogP contribution in [-0.4, -0.2) is 144 Å². The van der Waals surface area contributed by atoms with Crippen molar-refractivity contribution in [3.8, 4) is 5.75 Å². The fourth-order valence-electron chi connectivity index (χ4n) is 7.68. The molecule has 382 valence electrons. The summed E-state index contributed by atoms with van der Waals surface area (Å²) in [6, 6.07) is -2.40. The van der Waals surface area contributed by atoms with E-state index in [4.69, 9.17) is 21.9 Å². The summed E-state index contributed by atoms with van der Waals surface area (Å²) in [6.07, 6.45) is -0.176. The van der Waals surface area contributed by atoms with Gasteiger partial charge in [-0.05, 0) is 67.4 Å². The Kier molecular flexibility index (Phi) is 23.2. The summed E-state index contributed by atoms with van der Waals surface area (Å²) in [4.78, 5) is 148. The normalized spacial score (nSPS) is 23.2. The number of rotatable bonds is 18. The number of nitrogens with zero attached hydrogens (tertiary/aromatic N) is 1. The molecule has 8 unspecified atom stereocenters. The molecule has 0 bridgehead atoms. The maximum atomic E-state index is 14.5. The number of nitrogens with two attached hydrogens (primary N) is 3. The molecule has 1 aromatic rings. The molecule has 0 spiro atoms. The van der Waals surface area contributed by atoms with E-state index in [0.29, 0.717) is 24.2 Å². The number of amides is 11. The summed E-state index contributed by atoms with van der Waals surface area (Å²) in [5.74, 6) is -8.59. The maximum Gasteiger partial charge on any atom is 0.246 e. The van der Waals surface area contributed by atoms with Gasteiger partial charge in [0.05, 0.1) is 20.1 Å². The second-order valence-electron chi connectivity index (χ2n) is 17.6. The van der Waals surface area contributed by atoms with Crippen molar-refractivity contribution in [2.24, 2.45) is 29.0 Å². The number of thioether (sulfide) groups is 1. The lowest BCUT2D eigenvalue weighted by Crippen LogP contribution is -2.61. The largest absolute Gasteiger partial charge is 0.497 e. The molecule has 2 heterocycles. The number of benzene rings is 1. The van der Waals surface area contributed by atoms with Crippen molar-refractivity contribution < 1.29 is 57.5 Å². The Bertz CT molecular complexity index is 2020. The molecule has 24 heteroatoms. The van der Waals surface area contributed by atoms with E-state index in [1.807, 2.05) is 13.8 Å². The van der Waals surface area contributed by atoms with Crippen LogP contribution in [0.3, 0.4) is 0 Å². The van der Waals surface area contributed by atoms with Crippen molar-refractivity contribution in [1.29, 1.82) is 0 Å². The average molecular weight is 988 g/mol. The molecule has 2 aliphatic rings. The highest BCUT2D eigenvalue weighted by Crippen LogP contribution is 2.22. The van der Waals surface area contributed by atoms with Gasteiger partial charge in [0, 0.05) is 31.6 Å². The first-order valence-electron chi connectivity index (χ1n) is 23.1. The molecule has 8 atom stereocenters. The van der Waals surface area contributed by atoms with Crippen molar-refractivity contribution in [2.45, 2.75) is 134 Å².